The number of aryl methyl sites for hydroxylation is 1. The highest BCUT2D eigenvalue weighted by molar-refractivity contribution is 7.92. The molecule has 0 unspecified atom stereocenters. The molecule has 0 atom stereocenters. The van der Waals surface area contributed by atoms with Gasteiger partial charge in [-0.2, -0.15) is 0 Å². The number of amides is 2. The first kappa shape index (κ1) is 21.6. The summed E-state index contributed by atoms with van der Waals surface area (Å²) in [4.78, 5) is 26.4. The third-order valence-electron chi connectivity index (χ3n) is 5.26. The number of hydrogen-bond acceptors (Lipinski definition) is 5. The van der Waals surface area contributed by atoms with E-state index in [1.54, 1.807) is 48.2 Å². The molecule has 166 valence electrons. The minimum atomic E-state index is -3.96. The van der Waals surface area contributed by atoms with Crippen molar-refractivity contribution in [2.75, 3.05) is 16.2 Å². The largest absolute Gasteiger partial charge is 0.467 e. The van der Waals surface area contributed by atoms with E-state index in [1.165, 1.54) is 24.5 Å². The number of nitrogens with zero attached hydrogens (tertiary/aromatic N) is 1. The number of anilines is 2. The maximum absolute atomic E-state index is 13.0. The van der Waals surface area contributed by atoms with Gasteiger partial charge in [0.1, 0.15) is 5.76 Å². The highest BCUT2D eigenvalue weighted by Crippen LogP contribution is 2.28. The SMILES string of the molecule is Cc1cc(S(=O)(=O)Nc2ccccc2C(=O)NCc2ccco2)ccc1N1CCCC1=O. The normalized spacial score (nSPS) is 13.9. The molecule has 0 saturated carbocycles. The van der Waals surface area contributed by atoms with E-state index in [0.717, 1.165) is 6.42 Å². The molecule has 1 fully saturated rings. The summed E-state index contributed by atoms with van der Waals surface area (Å²) in [5, 5.41) is 2.71. The van der Waals surface area contributed by atoms with Crippen LogP contribution in [0.4, 0.5) is 11.4 Å². The molecule has 2 N–H and O–H groups in total. The number of nitrogens with one attached hydrogen (secondary N) is 2. The van der Waals surface area contributed by atoms with Crippen LogP contribution in [-0.4, -0.2) is 26.8 Å². The number of rotatable bonds is 7. The molecule has 0 radical (unpaired) electrons. The van der Waals surface area contributed by atoms with Gasteiger partial charge in [0.25, 0.3) is 15.9 Å². The van der Waals surface area contributed by atoms with Gasteiger partial charge in [0.05, 0.1) is 29.0 Å². The van der Waals surface area contributed by atoms with Gasteiger partial charge in [-0.1, -0.05) is 12.1 Å². The topological polar surface area (TPSA) is 109 Å². The number of para-hydroxylation sites is 1. The summed E-state index contributed by atoms with van der Waals surface area (Å²) in [6.45, 7) is 2.59. The molecular formula is C23H23N3O5S. The van der Waals surface area contributed by atoms with Crippen molar-refractivity contribution in [1.29, 1.82) is 0 Å². The fraction of sp³-hybridized carbons (Fsp3) is 0.217. The van der Waals surface area contributed by atoms with E-state index in [1.807, 2.05) is 0 Å². The Balaban J connectivity index is 1.54. The van der Waals surface area contributed by atoms with Crippen LogP contribution in [-0.2, 0) is 21.4 Å². The van der Waals surface area contributed by atoms with Crippen LogP contribution in [0, 0.1) is 6.92 Å². The zero-order valence-corrected chi connectivity index (χ0v) is 18.3. The minimum absolute atomic E-state index is 0.0383. The van der Waals surface area contributed by atoms with E-state index in [2.05, 4.69) is 10.0 Å². The average Bonchev–Trinajstić information content (AvgIpc) is 3.44. The Hall–Kier alpha value is -3.59. The van der Waals surface area contributed by atoms with Gasteiger partial charge in [0.2, 0.25) is 5.91 Å². The molecule has 0 aliphatic carbocycles. The van der Waals surface area contributed by atoms with Crippen molar-refractivity contribution in [1.82, 2.24) is 5.32 Å². The molecule has 2 amide bonds. The molecule has 0 bridgehead atoms. The van der Waals surface area contributed by atoms with Gasteiger partial charge < -0.3 is 14.6 Å². The van der Waals surface area contributed by atoms with Crippen molar-refractivity contribution in [3.63, 3.8) is 0 Å². The molecule has 3 aromatic rings. The van der Waals surface area contributed by atoms with E-state index in [0.29, 0.717) is 30.0 Å². The summed E-state index contributed by atoms with van der Waals surface area (Å²) in [6, 6.07) is 14.5. The number of benzene rings is 2. The quantitative estimate of drug-likeness (QED) is 0.570. The van der Waals surface area contributed by atoms with Crippen LogP contribution in [0.1, 0.15) is 34.5 Å². The van der Waals surface area contributed by atoms with E-state index < -0.39 is 15.9 Å². The van der Waals surface area contributed by atoms with Crippen molar-refractivity contribution < 1.29 is 22.4 Å². The van der Waals surface area contributed by atoms with Crippen molar-refractivity contribution in [3.8, 4) is 0 Å². The molecule has 1 aliphatic heterocycles. The number of furan rings is 1. The second-order valence-corrected chi connectivity index (χ2v) is 9.19. The molecule has 2 aromatic carbocycles. The predicted octanol–water partition coefficient (Wildman–Crippen LogP) is 3.45. The van der Waals surface area contributed by atoms with Gasteiger partial charge in [-0.3, -0.25) is 14.3 Å². The van der Waals surface area contributed by atoms with Crippen LogP contribution in [0.3, 0.4) is 0 Å². The Morgan fingerprint density at radius 2 is 1.94 bits per heavy atom. The van der Waals surface area contributed by atoms with E-state index in [4.69, 9.17) is 4.42 Å². The molecule has 0 spiro atoms. The summed E-state index contributed by atoms with van der Waals surface area (Å²) >= 11 is 0. The highest BCUT2D eigenvalue weighted by Gasteiger charge is 2.25. The first-order chi connectivity index (χ1) is 15.3. The Kier molecular flexibility index (Phi) is 6.00. The van der Waals surface area contributed by atoms with Crippen LogP contribution in [0.5, 0.6) is 0 Å². The lowest BCUT2D eigenvalue weighted by atomic mass is 10.1. The van der Waals surface area contributed by atoms with Gasteiger partial charge in [0, 0.05) is 18.7 Å². The Labute approximate surface area is 186 Å². The third kappa shape index (κ3) is 4.52. The van der Waals surface area contributed by atoms with E-state index in [9.17, 15) is 18.0 Å². The molecular weight excluding hydrogens is 430 g/mol. The van der Waals surface area contributed by atoms with Gasteiger partial charge in [-0.25, -0.2) is 8.42 Å². The number of carbonyl (C=O) groups excluding carboxylic acids is 2. The molecule has 8 nitrogen and oxygen atoms in total. The zero-order chi connectivity index (χ0) is 22.7. The number of carbonyl (C=O) groups is 2. The monoisotopic (exact) mass is 453 g/mol. The van der Waals surface area contributed by atoms with Crippen LogP contribution in [0.15, 0.2) is 70.2 Å². The first-order valence-corrected chi connectivity index (χ1v) is 11.7. The van der Waals surface area contributed by atoms with Gasteiger partial charge in [-0.15, -0.1) is 0 Å². The van der Waals surface area contributed by atoms with Crippen LogP contribution < -0.4 is 14.9 Å². The summed E-state index contributed by atoms with van der Waals surface area (Å²) in [6.07, 6.45) is 2.80. The van der Waals surface area contributed by atoms with E-state index >= 15 is 0 Å². The molecule has 1 saturated heterocycles. The smallest absolute Gasteiger partial charge is 0.261 e. The van der Waals surface area contributed by atoms with E-state index in [-0.39, 0.29) is 28.6 Å². The van der Waals surface area contributed by atoms with Gasteiger partial charge in [-0.05, 0) is 61.4 Å². The minimum Gasteiger partial charge on any atom is -0.467 e. The number of hydrogen-bond donors (Lipinski definition) is 2. The summed E-state index contributed by atoms with van der Waals surface area (Å²) in [5.41, 5.74) is 1.76. The average molecular weight is 454 g/mol. The fourth-order valence-electron chi connectivity index (χ4n) is 3.65. The lowest BCUT2D eigenvalue weighted by Gasteiger charge is -2.19. The van der Waals surface area contributed by atoms with Gasteiger partial charge in [0.15, 0.2) is 0 Å². The van der Waals surface area contributed by atoms with Crippen molar-refractivity contribution in [2.24, 2.45) is 0 Å². The Morgan fingerprint density at radius 1 is 1.12 bits per heavy atom. The van der Waals surface area contributed by atoms with Crippen molar-refractivity contribution >= 4 is 33.2 Å². The molecule has 32 heavy (non-hydrogen) atoms. The predicted molar refractivity (Wildman–Crippen MR) is 120 cm³/mol. The van der Waals surface area contributed by atoms with Crippen LogP contribution in [0.25, 0.3) is 0 Å². The maximum atomic E-state index is 13.0. The number of sulfonamides is 1. The molecule has 4 rings (SSSR count). The van der Waals surface area contributed by atoms with Crippen LogP contribution >= 0.6 is 0 Å². The van der Waals surface area contributed by atoms with Crippen molar-refractivity contribution in [2.45, 2.75) is 31.2 Å². The fourth-order valence-corrected chi connectivity index (χ4v) is 4.81. The van der Waals surface area contributed by atoms with Gasteiger partial charge >= 0.3 is 0 Å². The first-order valence-electron chi connectivity index (χ1n) is 10.2. The summed E-state index contributed by atoms with van der Waals surface area (Å²) in [7, 11) is -3.96. The summed E-state index contributed by atoms with van der Waals surface area (Å²) < 4.78 is 33.8. The lowest BCUT2D eigenvalue weighted by Crippen LogP contribution is -2.25. The van der Waals surface area contributed by atoms with Crippen molar-refractivity contribution in [3.05, 3.63) is 77.7 Å². The Morgan fingerprint density at radius 3 is 2.62 bits per heavy atom. The second-order valence-electron chi connectivity index (χ2n) is 7.51. The molecule has 2 heterocycles. The zero-order valence-electron chi connectivity index (χ0n) is 17.5. The molecule has 1 aliphatic rings. The maximum Gasteiger partial charge on any atom is 0.261 e. The third-order valence-corrected chi connectivity index (χ3v) is 6.63. The standard InChI is InChI=1S/C23H23N3O5S/c1-16-14-18(10-11-21(16)26-12-4-9-22(26)27)32(29,30)25-20-8-3-2-7-19(20)23(28)24-15-17-6-5-13-31-17/h2-3,5-8,10-11,13-14,25H,4,9,12,15H2,1H3,(H,24,28). The molecule has 9 heteroatoms. The lowest BCUT2D eigenvalue weighted by molar-refractivity contribution is -0.117. The summed E-state index contributed by atoms with van der Waals surface area (Å²) in [5.74, 6) is 0.193. The highest BCUT2D eigenvalue weighted by atomic mass is 32.2. The van der Waals surface area contributed by atoms with Crippen LogP contribution in [0.2, 0.25) is 0 Å². The second kappa shape index (κ2) is 8.88. The Bertz CT molecular complexity index is 1250. The molecule has 1 aromatic heterocycles.